The fourth-order valence-electron chi connectivity index (χ4n) is 3.77. The van der Waals surface area contributed by atoms with Gasteiger partial charge in [0, 0.05) is 37.7 Å². The summed E-state index contributed by atoms with van der Waals surface area (Å²) in [5, 5.41) is 3.01. The second-order valence-corrected chi connectivity index (χ2v) is 8.47. The summed E-state index contributed by atoms with van der Waals surface area (Å²) in [5.74, 6) is 1.58. The van der Waals surface area contributed by atoms with E-state index in [9.17, 15) is 9.59 Å². The van der Waals surface area contributed by atoms with Crippen LogP contribution < -0.4 is 14.8 Å². The molecule has 1 aliphatic carbocycles. The van der Waals surface area contributed by atoms with Crippen molar-refractivity contribution in [2.24, 2.45) is 11.3 Å². The summed E-state index contributed by atoms with van der Waals surface area (Å²) in [5.41, 5.74) is 0.925. The molecule has 6 nitrogen and oxygen atoms in total. The first-order chi connectivity index (χ1) is 13.4. The Bertz CT molecular complexity index is 692. The number of nitrogens with zero attached hydrogens (tertiary/aromatic N) is 1. The lowest BCUT2D eigenvalue weighted by Gasteiger charge is -2.33. The van der Waals surface area contributed by atoms with Crippen molar-refractivity contribution in [1.82, 2.24) is 10.2 Å². The predicted octanol–water partition coefficient (Wildman–Crippen LogP) is 3.25. The number of nitrogens with one attached hydrogen (secondary N) is 1. The molecule has 0 bridgehead atoms. The van der Waals surface area contributed by atoms with Crippen molar-refractivity contribution in [3.05, 3.63) is 23.8 Å². The molecule has 3 rings (SSSR count). The van der Waals surface area contributed by atoms with Crippen LogP contribution in [0.25, 0.3) is 0 Å². The first-order valence-electron chi connectivity index (χ1n) is 10.2. The van der Waals surface area contributed by atoms with E-state index in [2.05, 4.69) is 12.2 Å². The first-order valence-corrected chi connectivity index (χ1v) is 10.2. The number of ether oxygens (including phenoxy) is 2. The normalized spacial score (nSPS) is 20.4. The molecule has 1 atom stereocenters. The smallest absolute Gasteiger partial charge is 0.251 e. The van der Waals surface area contributed by atoms with E-state index < -0.39 is 0 Å². The molecule has 2 aliphatic rings. The number of methoxy groups -OCH3 is 2. The zero-order valence-electron chi connectivity index (χ0n) is 17.3. The van der Waals surface area contributed by atoms with E-state index >= 15 is 0 Å². The number of carbonyl (C=O) groups excluding carboxylic acids is 2. The molecule has 6 heteroatoms. The Balaban J connectivity index is 1.49. The summed E-state index contributed by atoms with van der Waals surface area (Å²) in [6, 6.07) is 5.14. The van der Waals surface area contributed by atoms with Crippen LogP contribution in [0.4, 0.5) is 0 Å². The third-order valence-corrected chi connectivity index (χ3v) is 6.08. The minimum atomic E-state index is -0.151. The summed E-state index contributed by atoms with van der Waals surface area (Å²) in [7, 11) is 3.13. The largest absolute Gasteiger partial charge is 0.497 e. The third-order valence-electron chi connectivity index (χ3n) is 6.08. The van der Waals surface area contributed by atoms with Crippen LogP contribution in [0.5, 0.6) is 11.5 Å². The lowest BCUT2D eigenvalue weighted by atomic mass is 9.96. The lowest BCUT2D eigenvalue weighted by molar-refractivity contribution is -0.133. The van der Waals surface area contributed by atoms with Gasteiger partial charge in [0.1, 0.15) is 11.5 Å². The van der Waals surface area contributed by atoms with Crippen molar-refractivity contribution in [3.63, 3.8) is 0 Å². The fourth-order valence-corrected chi connectivity index (χ4v) is 3.77. The van der Waals surface area contributed by atoms with Crippen molar-refractivity contribution in [2.45, 2.75) is 45.4 Å². The average Bonchev–Trinajstić information content (AvgIpc) is 3.47. The molecule has 1 heterocycles. The maximum Gasteiger partial charge on any atom is 0.251 e. The van der Waals surface area contributed by atoms with Gasteiger partial charge in [0.15, 0.2) is 0 Å². The zero-order valence-corrected chi connectivity index (χ0v) is 17.3. The highest BCUT2D eigenvalue weighted by Crippen LogP contribution is 2.48. The van der Waals surface area contributed by atoms with E-state index in [-0.39, 0.29) is 11.8 Å². The molecule has 1 aromatic rings. The van der Waals surface area contributed by atoms with Crippen LogP contribution in [-0.4, -0.2) is 50.6 Å². The maximum absolute atomic E-state index is 12.6. The van der Waals surface area contributed by atoms with E-state index in [4.69, 9.17) is 9.47 Å². The lowest BCUT2D eigenvalue weighted by Crippen LogP contribution is -2.43. The van der Waals surface area contributed by atoms with Gasteiger partial charge in [-0.1, -0.05) is 6.92 Å². The quantitative estimate of drug-likeness (QED) is 0.742. The highest BCUT2D eigenvalue weighted by atomic mass is 16.5. The van der Waals surface area contributed by atoms with Crippen molar-refractivity contribution in [1.29, 1.82) is 0 Å². The van der Waals surface area contributed by atoms with E-state index in [1.165, 1.54) is 12.8 Å². The van der Waals surface area contributed by atoms with Gasteiger partial charge in [0.25, 0.3) is 5.91 Å². The fraction of sp³-hybridized carbons (Fsp3) is 0.636. The van der Waals surface area contributed by atoms with Crippen LogP contribution in [0.3, 0.4) is 0 Å². The van der Waals surface area contributed by atoms with Gasteiger partial charge in [-0.3, -0.25) is 9.59 Å². The minimum Gasteiger partial charge on any atom is -0.497 e. The number of hydrogen-bond donors (Lipinski definition) is 1. The molecule has 28 heavy (non-hydrogen) atoms. The number of amides is 2. The van der Waals surface area contributed by atoms with Crippen LogP contribution in [-0.2, 0) is 4.79 Å². The predicted molar refractivity (Wildman–Crippen MR) is 108 cm³/mol. The van der Waals surface area contributed by atoms with Gasteiger partial charge in [0.2, 0.25) is 5.91 Å². The SMILES string of the molecule is COc1cc(OC)cc(C(=O)NC[C@@H]2CCCN(C(=O)CCC3(C)CC3)C2)c1. The molecule has 0 spiro atoms. The number of likely N-dealkylation sites (tertiary alicyclic amines) is 1. The van der Waals surface area contributed by atoms with Crippen LogP contribution in [0.2, 0.25) is 0 Å². The molecule has 2 amide bonds. The molecule has 1 saturated heterocycles. The van der Waals surface area contributed by atoms with Crippen LogP contribution in [0, 0.1) is 11.3 Å². The Kier molecular flexibility index (Phi) is 6.47. The topological polar surface area (TPSA) is 67.9 Å². The van der Waals surface area contributed by atoms with Crippen LogP contribution >= 0.6 is 0 Å². The average molecular weight is 389 g/mol. The van der Waals surface area contributed by atoms with Crippen molar-refractivity contribution in [3.8, 4) is 11.5 Å². The maximum atomic E-state index is 12.6. The molecular formula is C22H32N2O4. The number of piperidine rings is 1. The second kappa shape index (κ2) is 8.84. The monoisotopic (exact) mass is 388 g/mol. The van der Waals surface area contributed by atoms with Crippen molar-refractivity contribution in [2.75, 3.05) is 33.9 Å². The molecule has 1 saturated carbocycles. The third kappa shape index (κ3) is 5.40. The molecule has 2 fully saturated rings. The standard InChI is InChI=1S/C22H32N2O4/c1-22(8-9-22)7-6-20(25)24-10-4-5-16(15-24)14-23-21(26)17-11-18(27-2)13-19(12-17)28-3/h11-13,16H,4-10,14-15H2,1-3H3,(H,23,26)/t16-/m0/s1. The number of carbonyl (C=O) groups is 2. The second-order valence-electron chi connectivity index (χ2n) is 8.47. The van der Waals surface area contributed by atoms with Gasteiger partial charge < -0.3 is 19.7 Å². The first kappa shape index (κ1) is 20.5. The van der Waals surface area contributed by atoms with E-state index in [0.717, 1.165) is 32.4 Å². The molecule has 1 aliphatic heterocycles. The zero-order chi connectivity index (χ0) is 20.1. The summed E-state index contributed by atoms with van der Waals surface area (Å²) in [6.07, 6.45) is 6.19. The molecule has 1 N–H and O–H groups in total. The Morgan fingerprint density at radius 3 is 2.46 bits per heavy atom. The summed E-state index contributed by atoms with van der Waals surface area (Å²) < 4.78 is 10.5. The summed E-state index contributed by atoms with van der Waals surface area (Å²) >= 11 is 0. The Hall–Kier alpha value is -2.24. The van der Waals surface area contributed by atoms with Crippen molar-refractivity contribution >= 4 is 11.8 Å². The highest BCUT2D eigenvalue weighted by molar-refractivity contribution is 5.95. The van der Waals surface area contributed by atoms with Crippen LogP contribution in [0.1, 0.15) is 55.8 Å². The van der Waals surface area contributed by atoms with Gasteiger partial charge in [-0.2, -0.15) is 0 Å². The van der Waals surface area contributed by atoms with Gasteiger partial charge >= 0.3 is 0 Å². The van der Waals surface area contributed by atoms with E-state index in [1.807, 2.05) is 4.90 Å². The Labute approximate surface area is 167 Å². The molecule has 0 unspecified atom stereocenters. The highest BCUT2D eigenvalue weighted by Gasteiger charge is 2.37. The van der Waals surface area contributed by atoms with E-state index in [0.29, 0.717) is 41.4 Å². The van der Waals surface area contributed by atoms with Crippen LogP contribution in [0.15, 0.2) is 18.2 Å². The van der Waals surface area contributed by atoms with Gasteiger partial charge in [-0.15, -0.1) is 0 Å². The molecule has 154 valence electrons. The number of hydrogen-bond acceptors (Lipinski definition) is 4. The molecule has 0 aromatic heterocycles. The van der Waals surface area contributed by atoms with E-state index in [1.54, 1.807) is 32.4 Å². The van der Waals surface area contributed by atoms with Gasteiger partial charge in [-0.05, 0) is 55.6 Å². The minimum absolute atomic E-state index is 0.151. The van der Waals surface area contributed by atoms with Gasteiger partial charge in [-0.25, -0.2) is 0 Å². The number of rotatable bonds is 8. The summed E-state index contributed by atoms with van der Waals surface area (Å²) in [6.45, 7) is 4.41. The Morgan fingerprint density at radius 1 is 1.18 bits per heavy atom. The number of benzene rings is 1. The van der Waals surface area contributed by atoms with Gasteiger partial charge in [0.05, 0.1) is 14.2 Å². The molecular weight excluding hydrogens is 356 g/mol. The molecule has 0 radical (unpaired) electrons. The molecule has 1 aromatic carbocycles. The summed E-state index contributed by atoms with van der Waals surface area (Å²) in [4.78, 5) is 27.1. The van der Waals surface area contributed by atoms with Crippen molar-refractivity contribution < 1.29 is 19.1 Å². The Morgan fingerprint density at radius 2 is 1.86 bits per heavy atom.